The Balaban J connectivity index is 1.43. The summed E-state index contributed by atoms with van der Waals surface area (Å²) in [5.74, 6) is -0.515. The number of ether oxygens (including phenoxy) is 1. The molecule has 1 aromatic heterocycles. The van der Waals surface area contributed by atoms with Crippen LogP contribution in [0.2, 0.25) is 0 Å². The van der Waals surface area contributed by atoms with Gasteiger partial charge in [0.25, 0.3) is 5.91 Å². The second-order valence-electron chi connectivity index (χ2n) is 6.36. The Hall–Kier alpha value is -2.73. The molecule has 0 aliphatic heterocycles. The van der Waals surface area contributed by atoms with Gasteiger partial charge in [0.15, 0.2) is 0 Å². The van der Waals surface area contributed by atoms with Gasteiger partial charge in [0, 0.05) is 12.4 Å². The Kier molecular flexibility index (Phi) is 6.33. The first-order valence-corrected chi connectivity index (χ1v) is 8.85. The van der Waals surface area contributed by atoms with Gasteiger partial charge in [-0.2, -0.15) is 0 Å². The average Bonchev–Trinajstić information content (AvgIpc) is 3.13. The number of pyridine rings is 1. The molecule has 26 heavy (non-hydrogen) atoms. The van der Waals surface area contributed by atoms with E-state index in [0.29, 0.717) is 12.2 Å². The van der Waals surface area contributed by atoms with Crippen molar-refractivity contribution in [3.63, 3.8) is 0 Å². The zero-order valence-electron chi connectivity index (χ0n) is 14.6. The van der Waals surface area contributed by atoms with Crippen molar-refractivity contribution in [1.82, 2.24) is 15.6 Å². The van der Waals surface area contributed by atoms with Crippen LogP contribution in [0.4, 0.5) is 0 Å². The number of aromatic nitrogens is 1. The molecule has 2 aromatic rings. The summed E-state index contributed by atoms with van der Waals surface area (Å²) in [6, 6.07) is 13.3. The van der Waals surface area contributed by atoms with E-state index in [1.807, 2.05) is 30.3 Å². The number of nitrogens with zero attached hydrogens (tertiary/aromatic N) is 1. The lowest BCUT2D eigenvalue weighted by Gasteiger charge is -2.21. The van der Waals surface area contributed by atoms with Crippen molar-refractivity contribution in [2.75, 3.05) is 6.54 Å². The first-order valence-electron chi connectivity index (χ1n) is 8.85. The third kappa shape index (κ3) is 5.13. The van der Waals surface area contributed by atoms with Gasteiger partial charge < -0.3 is 15.4 Å². The van der Waals surface area contributed by atoms with E-state index in [9.17, 15) is 9.59 Å². The summed E-state index contributed by atoms with van der Waals surface area (Å²) in [5.41, 5.74) is 1.55. The Bertz CT molecular complexity index is 722. The van der Waals surface area contributed by atoms with Crippen LogP contribution in [0.25, 0.3) is 0 Å². The van der Waals surface area contributed by atoms with Gasteiger partial charge in [-0.3, -0.25) is 14.6 Å². The van der Waals surface area contributed by atoms with E-state index in [-0.39, 0.29) is 30.5 Å². The molecule has 1 heterocycles. The van der Waals surface area contributed by atoms with Crippen molar-refractivity contribution < 1.29 is 14.3 Å². The molecule has 0 saturated heterocycles. The fourth-order valence-corrected chi connectivity index (χ4v) is 3.09. The largest absolute Gasteiger partial charge is 0.371 e. The minimum absolute atomic E-state index is 0.00757. The lowest BCUT2D eigenvalue weighted by Crippen LogP contribution is -2.45. The zero-order chi connectivity index (χ0) is 18.2. The minimum Gasteiger partial charge on any atom is -0.371 e. The number of hydrogen-bond donors (Lipinski definition) is 2. The van der Waals surface area contributed by atoms with Crippen molar-refractivity contribution in [2.45, 2.75) is 38.0 Å². The molecule has 2 amide bonds. The van der Waals surface area contributed by atoms with Crippen molar-refractivity contribution in [3.05, 3.63) is 66.0 Å². The van der Waals surface area contributed by atoms with Crippen LogP contribution >= 0.6 is 0 Å². The molecule has 1 aliphatic carbocycles. The van der Waals surface area contributed by atoms with Crippen molar-refractivity contribution in [3.8, 4) is 0 Å². The molecule has 0 spiro atoms. The molecule has 1 fully saturated rings. The number of carbonyl (C=O) groups is 2. The smallest absolute Gasteiger partial charge is 0.253 e. The van der Waals surface area contributed by atoms with E-state index >= 15 is 0 Å². The molecule has 2 N–H and O–H groups in total. The number of benzene rings is 1. The summed E-state index contributed by atoms with van der Waals surface area (Å²) in [4.78, 5) is 28.0. The summed E-state index contributed by atoms with van der Waals surface area (Å²) in [6.07, 6.45) is 5.92. The van der Waals surface area contributed by atoms with E-state index in [0.717, 1.165) is 24.8 Å². The van der Waals surface area contributed by atoms with Gasteiger partial charge in [0.2, 0.25) is 5.91 Å². The van der Waals surface area contributed by atoms with Crippen LogP contribution in [0.1, 0.15) is 35.2 Å². The summed E-state index contributed by atoms with van der Waals surface area (Å²) in [5, 5.41) is 5.59. The van der Waals surface area contributed by atoms with Crippen LogP contribution < -0.4 is 10.6 Å². The number of nitrogens with one attached hydrogen (secondary N) is 2. The highest BCUT2D eigenvalue weighted by atomic mass is 16.5. The van der Waals surface area contributed by atoms with Crippen molar-refractivity contribution >= 4 is 11.8 Å². The van der Waals surface area contributed by atoms with Crippen LogP contribution in [0.3, 0.4) is 0 Å². The predicted octanol–water partition coefficient (Wildman–Crippen LogP) is 2.07. The van der Waals surface area contributed by atoms with E-state index in [1.54, 1.807) is 18.3 Å². The number of hydrogen-bond acceptors (Lipinski definition) is 4. The fraction of sp³-hybridized carbons (Fsp3) is 0.350. The number of carbonyl (C=O) groups excluding carboxylic acids is 2. The first-order chi connectivity index (χ1) is 12.7. The number of amides is 2. The SMILES string of the molecule is O=C(CNC(=O)c1cccnc1)NC1CCCC1OCc1ccccc1. The summed E-state index contributed by atoms with van der Waals surface area (Å²) in [7, 11) is 0. The topological polar surface area (TPSA) is 80.3 Å². The maximum Gasteiger partial charge on any atom is 0.253 e. The standard InChI is InChI=1S/C20H23N3O3/c24-19(13-22-20(25)16-8-5-11-21-12-16)23-17-9-4-10-18(17)26-14-15-6-2-1-3-7-15/h1-3,5-8,11-12,17-18H,4,9-10,13-14H2,(H,22,25)(H,23,24). The molecule has 0 bridgehead atoms. The number of rotatable bonds is 7. The summed E-state index contributed by atoms with van der Waals surface area (Å²) in [6.45, 7) is 0.477. The quantitative estimate of drug-likeness (QED) is 0.798. The molecule has 136 valence electrons. The van der Waals surface area contributed by atoms with Crippen molar-refractivity contribution in [2.24, 2.45) is 0 Å². The molecule has 2 atom stereocenters. The summed E-state index contributed by atoms with van der Waals surface area (Å²) >= 11 is 0. The molecular weight excluding hydrogens is 330 g/mol. The van der Waals surface area contributed by atoms with Gasteiger partial charge in [-0.15, -0.1) is 0 Å². The Morgan fingerprint density at radius 3 is 2.73 bits per heavy atom. The molecule has 1 saturated carbocycles. The molecular formula is C20H23N3O3. The van der Waals surface area contributed by atoms with Gasteiger partial charge in [-0.25, -0.2) is 0 Å². The maximum absolute atomic E-state index is 12.2. The predicted molar refractivity (Wildman–Crippen MR) is 97.4 cm³/mol. The maximum atomic E-state index is 12.2. The molecule has 1 aliphatic rings. The average molecular weight is 353 g/mol. The Labute approximate surface area is 153 Å². The third-order valence-corrected chi connectivity index (χ3v) is 4.44. The highest BCUT2D eigenvalue weighted by Gasteiger charge is 2.29. The van der Waals surface area contributed by atoms with Gasteiger partial charge in [0.05, 0.1) is 30.9 Å². The van der Waals surface area contributed by atoms with Gasteiger partial charge in [-0.05, 0) is 37.0 Å². The van der Waals surface area contributed by atoms with E-state index < -0.39 is 0 Å². The lowest BCUT2D eigenvalue weighted by atomic mass is 10.2. The lowest BCUT2D eigenvalue weighted by molar-refractivity contribution is -0.121. The zero-order valence-corrected chi connectivity index (χ0v) is 14.6. The Morgan fingerprint density at radius 1 is 1.12 bits per heavy atom. The molecule has 2 unspecified atom stereocenters. The van der Waals surface area contributed by atoms with Gasteiger partial charge >= 0.3 is 0 Å². The Morgan fingerprint density at radius 2 is 1.96 bits per heavy atom. The fourth-order valence-electron chi connectivity index (χ4n) is 3.09. The van der Waals surface area contributed by atoms with Gasteiger partial charge in [-0.1, -0.05) is 30.3 Å². The second kappa shape index (κ2) is 9.10. The first kappa shape index (κ1) is 18.1. The normalized spacial score (nSPS) is 19.1. The van der Waals surface area contributed by atoms with E-state index in [4.69, 9.17) is 4.74 Å². The third-order valence-electron chi connectivity index (χ3n) is 4.44. The van der Waals surface area contributed by atoms with Crippen LogP contribution in [0.15, 0.2) is 54.9 Å². The van der Waals surface area contributed by atoms with E-state index in [1.165, 1.54) is 6.20 Å². The highest BCUT2D eigenvalue weighted by Crippen LogP contribution is 2.23. The van der Waals surface area contributed by atoms with Crippen molar-refractivity contribution in [1.29, 1.82) is 0 Å². The van der Waals surface area contributed by atoms with E-state index in [2.05, 4.69) is 15.6 Å². The summed E-state index contributed by atoms with van der Waals surface area (Å²) < 4.78 is 5.99. The molecule has 0 radical (unpaired) electrons. The molecule has 6 heteroatoms. The van der Waals surface area contributed by atoms with Crippen LogP contribution in [-0.2, 0) is 16.1 Å². The van der Waals surface area contributed by atoms with Crippen LogP contribution in [0.5, 0.6) is 0 Å². The second-order valence-corrected chi connectivity index (χ2v) is 6.36. The molecule has 3 rings (SSSR count). The van der Waals surface area contributed by atoms with Crippen LogP contribution in [-0.4, -0.2) is 35.5 Å². The molecule has 1 aromatic carbocycles. The highest BCUT2D eigenvalue weighted by molar-refractivity contribution is 5.96. The van der Waals surface area contributed by atoms with Gasteiger partial charge in [0.1, 0.15) is 0 Å². The minimum atomic E-state index is -0.309. The van der Waals surface area contributed by atoms with Crippen LogP contribution in [0, 0.1) is 0 Å². The molecule has 6 nitrogen and oxygen atoms in total. The monoisotopic (exact) mass is 353 g/mol.